The van der Waals surface area contributed by atoms with Crippen LogP contribution in [0.3, 0.4) is 0 Å². The maximum Gasteiger partial charge on any atom is 0.242 e. The number of nitrogens with one attached hydrogen (secondary N) is 1. The molecule has 0 aliphatic carbocycles. The molecule has 10 heteroatoms. The topological polar surface area (TPSA) is 86.8 Å². The minimum atomic E-state index is -3.55. The summed E-state index contributed by atoms with van der Waals surface area (Å²) in [5, 5.41) is 3.82. The number of carbonyl (C=O) groups excluding carboxylic acids is 2. The Morgan fingerprint density at radius 1 is 1.03 bits per heavy atom. The van der Waals surface area contributed by atoms with Crippen LogP contribution in [0.1, 0.15) is 58.1 Å². The third-order valence-corrected chi connectivity index (χ3v) is 7.99. The molecule has 2 amide bonds. The molecule has 2 aromatic carbocycles. The van der Waals surface area contributed by atoms with Crippen LogP contribution < -0.4 is 9.62 Å². The van der Waals surface area contributed by atoms with E-state index in [0.717, 1.165) is 18.2 Å². The van der Waals surface area contributed by atoms with E-state index in [2.05, 4.69) is 5.32 Å². The van der Waals surface area contributed by atoms with Gasteiger partial charge in [-0.15, -0.1) is 0 Å². The molecule has 1 N–H and O–H groups in total. The van der Waals surface area contributed by atoms with Gasteiger partial charge >= 0.3 is 0 Å². The molecule has 38 heavy (non-hydrogen) atoms. The van der Waals surface area contributed by atoms with Crippen molar-refractivity contribution in [2.24, 2.45) is 5.92 Å². The first-order valence-corrected chi connectivity index (χ1v) is 15.6. The summed E-state index contributed by atoms with van der Waals surface area (Å²) >= 11 is 12.4. The summed E-state index contributed by atoms with van der Waals surface area (Å²) in [4.78, 5) is 28.1. The molecular weight excluding hydrogens is 545 g/mol. The molecule has 0 aliphatic rings. The van der Waals surface area contributed by atoms with Gasteiger partial charge in [-0.05, 0) is 60.6 Å². The number of carbonyl (C=O) groups is 2. The normalized spacial score (nSPS) is 12.3. The average molecular weight is 585 g/mol. The Bertz CT molecular complexity index is 1190. The van der Waals surface area contributed by atoms with E-state index in [-0.39, 0.29) is 43.7 Å². The van der Waals surface area contributed by atoms with Crippen LogP contribution in [0.2, 0.25) is 10.0 Å². The van der Waals surface area contributed by atoms with Crippen LogP contribution >= 0.6 is 23.2 Å². The summed E-state index contributed by atoms with van der Waals surface area (Å²) in [6.07, 6.45) is 2.78. The second kappa shape index (κ2) is 14.8. The number of sulfonamides is 1. The number of nitrogens with zero attached hydrogens (tertiary/aromatic N) is 2. The molecule has 0 fully saturated rings. The highest BCUT2D eigenvalue weighted by atomic mass is 35.5. The van der Waals surface area contributed by atoms with Crippen LogP contribution in [-0.2, 0) is 32.6 Å². The Labute approximate surface area is 237 Å². The first kappa shape index (κ1) is 31.9. The van der Waals surface area contributed by atoms with Gasteiger partial charge in [-0.3, -0.25) is 13.9 Å². The second-order valence-electron chi connectivity index (χ2n) is 9.78. The van der Waals surface area contributed by atoms with E-state index in [1.807, 2.05) is 39.8 Å². The Morgan fingerprint density at radius 3 is 2.21 bits per heavy atom. The maximum absolute atomic E-state index is 13.5. The molecule has 0 saturated carbocycles. The highest BCUT2D eigenvalue weighted by Crippen LogP contribution is 2.25. The molecule has 0 heterocycles. The fraction of sp³-hybridized carbons (Fsp3) is 0.500. The summed E-state index contributed by atoms with van der Waals surface area (Å²) in [5.74, 6) is -0.217. The van der Waals surface area contributed by atoms with Crippen molar-refractivity contribution in [2.75, 3.05) is 23.7 Å². The number of aryl methyl sites for hydroxylation is 1. The van der Waals surface area contributed by atoms with Gasteiger partial charge in [0.05, 0.1) is 11.9 Å². The van der Waals surface area contributed by atoms with Crippen molar-refractivity contribution in [1.82, 2.24) is 10.2 Å². The largest absolute Gasteiger partial charge is 0.354 e. The van der Waals surface area contributed by atoms with Crippen molar-refractivity contribution < 1.29 is 18.0 Å². The number of anilines is 1. The zero-order chi connectivity index (χ0) is 28.5. The van der Waals surface area contributed by atoms with Gasteiger partial charge in [0.1, 0.15) is 6.04 Å². The molecule has 210 valence electrons. The molecule has 0 radical (unpaired) electrons. The van der Waals surface area contributed by atoms with Crippen molar-refractivity contribution >= 4 is 50.7 Å². The predicted molar refractivity (Wildman–Crippen MR) is 156 cm³/mol. The first-order valence-electron chi connectivity index (χ1n) is 12.9. The highest BCUT2D eigenvalue weighted by molar-refractivity contribution is 7.92. The summed E-state index contributed by atoms with van der Waals surface area (Å²) < 4.78 is 26.4. The van der Waals surface area contributed by atoms with Crippen molar-refractivity contribution in [3.8, 4) is 0 Å². The quantitative estimate of drug-likeness (QED) is 0.310. The van der Waals surface area contributed by atoms with Crippen LogP contribution in [0.25, 0.3) is 0 Å². The van der Waals surface area contributed by atoms with Crippen LogP contribution in [-0.4, -0.2) is 50.5 Å². The predicted octanol–water partition coefficient (Wildman–Crippen LogP) is 5.68. The number of amides is 2. The molecule has 0 aromatic heterocycles. The zero-order valence-corrected chi connectivity index (χ0v) is 25.2. The highest BCUT2D eigenvalue weighted by Gasteiger charge is 2.29. The van der Waals surface area contributed by atoms with E-state index in [1.54, 1.807) is 30.3 Å². The van der Waals surface area contributed by atoms with Crippen molar-refractivity contribution in [3.05, 3.63) is 63.6 Å². The molecular formula is C28H39Cl2N3O4S. The molecule has 2 rings (SSSR count). The van der Waals surface area contributed by atoms with Crippen LogP contribution in [0, 0.1) is 5.92 Å². The van der Waals surface area contributed by atoms with Gasteiger partial charge < -0.3 is 10.2 Å². The Balaban J connectivity index is 2.24. The van der Waals surface area contributed by atoms with Gasteiger partial charge in [0.15, 0.2) is 0 Å². The van der Waals surface area contributed by atoms with Crippen molar-refractivity contribution in [1.29, 1.82) is 0 Å². The standard InChI is InChI=1S/C28H39Cl2N3O4S/c1-6-21-10-14-24(15-11-21)33(38(5,36)37)16-8-9-27(34)32(19-22-12-13-23(29)17-25(22)30)26(7-2)28(35)31-18-20(3)4/h10-15,17,20,26H,6-9,16,18-19H2,1-5H3,(H,31,35). The third kappa shape index (κ3) is 9.47. The second-order valence-corrected chi connectivity index (χ2v) is 12.5. The van der Waals surface area contributed by atoms with E-state index < -0.39 is 16.1 Å². The van der Waals surface area contributed by atoms with Gasteiger partial charge in [0, 0.05) is 36.1 Å². The minimum absolute atomic E-state index is 0.0677. The molecule has 1 atom stereocenters. The molecule has 0 saturated heterocycles. The van der Waals surface area contributed by atoms with Gasteiger partial charge in [-0.25, -0.2) is 8.42 Å². The number of rotatable bonds is 14. The van der Waals surface area contributed by atoms with Crippen LogP contribution in [0.4, 0.5) is 5.69 Å². The monoisotopic (exact) mass is 583 g/mol. The molecule has 0 spiro atoms. The van der Waals surface area contributed by atoms with Gasteiger partial charge in [-0.1, -0.05) is 69.1 Å². The zero-order valence-electron chi connectivity index (χ0n) is 22.8. The molecule has 2 aromatic rings. The molecule has 1 unspecified atom stereocenters. The fourth-order valence-corrected chi connectivity index (χ4v) is 5.51. The van der Waals surface area contributed by atoms with E-state index >= 15 is 0 Å². The van der Waals surface area contributed by atoms with Crippen LogP contribution in [0.5, 0.6) is 0 Å². The van der Waals surface area contributed by atoms with Gasteiger partial charge in [-0.2, -0.15) is 0 Å². The maximum atomic E-state index is 13.5. The van der Waals surface area contributed by atoms with E-state index in [0.29, 0.717) is 34.3 Å². The lowest BCUT2D eigenvalue weighted by Gasteiger charge is -2.31. The number of hydrogen-bond donors (Lipinski definition) is 1. The van der Waals surface area contributed by atoms with Gasteiger partial charge in [0.25, 0.3) is 0 Å². The van der Waals surface area contributed by atoms with Crippen molar-refractivity contribution in [3.63, 3.8) is 0 Å². The Hall–Kier alpha value is -2.29. The number of halogens is 2. The fourth-order valence-electron chi connectivity index (χ4n) is 4.08. The summed E-state index contributed by atoms with van der Waals surface area (Å²) in [6, 6.07) is 11.7. The van der Waals surface area contributed by atoms with E-state index in [4.69, 9.17) is 23.2 Å². The summed E-state index contributed by atoms with van der Waals surface area (Å²) in [6.45, 7) is 8.67. The molecule has 0 bridgehead atoms. The van der Waals surface area contributed by atoms with E-state index in [9.17, 15) is 18.0 Å². The van der Waals surface area contributed by atoms with Crippen molar-refractivity contribution in [2.45, 2.75) is 66.0 Å². The summed E-state index contributed by atoms with van der Waals surface area (Å²) in [5.41, 5.74) is 2.34. The molecule has 0 aliphatic heterocycles. The summed E-state index contributed by atoms with van der Waals surface area (Å²) in [7, 11) is -3.55. The van der Waals surface area contributed by atoms with E-state index in [1.165, 1.54) is 9.21 Å². The molecule has 7 nitrogen and oxygen atoms in total. The third-order valence-electron chi connectivity index (χ3n) is 6.21. The number of benzene rings is 2. The lowest BCUT2D eigenvalue weighted by Crippen LogP contribution is -2.49. The minimum Gasteiger partial charge on any atom is -0.354 e. The number of hydrogen-bond acceptors (Lipinski definition) is 4. The SMILES string of the molecule is CCc1ccc(N(CCCC(=O)N(Cc2ccc(Cl)cc2Cl)C(CC)C(=O)NCC(C)C)S(C)(=O)=O)cc1. The smallest absolute Gasteiger partial charge is 0.242 e. The lowest BCUT2D eigenvalue weighted by molar-refractivity contribution is -0.141. The average Bonchev–Trinajstić information content (AvgIpc) is 2.85. The van der Waals surface area contributed by atoms with Crippen LogP contribution in [0.15, 0.2) is 42.5 Å². The van der Waals surface area contributed by atoms with Gasteiger partial charge in [0.2, 0.25) is 21.8 Å². The first-order chi connectivity index (χ1) is 17.9. The lowest BCUT2D eigenvalue weighted by atomic mass is 10.1. The Morgan fingerprint density at radius 2 is 1.68 bits per heavy atom. The Kier molecular flexibility index (Phi) is 12.4.